The van der Waals surface area contributed by atoms with E-state index >= 15 is 0 Å². The molecule has 0 aromatic carbocycles. The summed E-state index contributed by atoms with van der Waals surface area (Å²) < 4.78 is 0. The van der Waals surface area contributed by atoms with Gasteiger partial charge in [-0.1, -0.05) is 12.8 Å². The lowest BCUT2D eigenvalue weighted by Crippen LogP contribution is -2.41. The number of carbonyl (C=O) groups excluding carboxylic acids is 1. The number of hydrogen-bond acceptors (Lipinski definition) is 3. The quantitative estimate of drug-likeness (QED) is 0.750. The van der Waals surface area contributed by atoms with E-state index in [1.807, 2.05) is 0 Å². The molecule has 0 aromatic rings. The van der Waals surface area contributed by atoms with Crippen molar-refractivity contribution in [2.45, 2.75) is 45.1 Å². The summed E-state index contributed by atoms with van der Waals surface area (Å²) in [7, 11) is 1.60. The van der Waals surface area contributed by atoms with Crippen LogP contribution in [0.2, 0.25) is 0 Å². The highest BCUT2D eigenvalue weighted by Gasteiger charge is 2.43. The molecule has 0 heterocycles. The first-order chi connectivity index (χ1) is 7.93. The van der Waals surface area contributed by atoms with Crippen LogP contribution in [0.4, 0.5) is 0 Å². The Morgan fingerprint density at radius 1 is 1.35 bits per heavy atom. The highest BCUT2D eigenvalue weighted by atomic mass is 16.4. The molecule has 17 heavy (non-hydrogen) atoms. The van der Waals surface area contributed by atoms with Crippen molar-refractivity contribution in [3.63, 3.8) is 0 Å². The lowest BCUT2D eigenvalue weighted by atomic mass is 9.82. The van der Waals surface area contributed by atoms with Gasteiger partial charge in [-0.05, 0) is 19.8 Å². The van der Waals surface area contributed by atoms with Crippen LogP contribution in [0.25, 0.3) is 0 Å². The molecule has 0 bridgehead atoms. The number of amides is 1. The first-order valence-corrected chi connectivity index (χ1v) is 6.03. The largest absolute Gasteiger partial charge is 0.481 e. The summed E-state index contributed by atoms with van der Waals surface area (Å²) in [5.74, 6) is -1.07. The normalized spacial score (nSPS) is 19.9. The van der Waals surface area contributed by atoms with Gasteiger partial charge in [0.15, 0.2) is 0 Å². The summed E-state index contributed by atoms with van der Waals surface area (Å²) in [5.41, 5.74) is -0.874. The first kappa shape index (κ1) is 14.0. The molecule has 98 valence electrons. The molecule has 5 heteroatoms. The number of aliphatic carboxylic acids is 1. The van der Waals surface area contributed by atoms with Gasteiger partial charge in [0, 0.05) is 13.5 Å². The van der Waals surface area contributed by atoms with E-state index in [0.29, 0.717) is 12.8 Å². The molecule has 1 fully saturated rings. The van der Waals surface area contributed by atoms with E-state index in [2.05, 4.69) is 0 Å². The molecule has 1 rings (SSSR count). The van der Waals surface area contributed by atoms with Gasteiger partial charge in [0.2, 0.25) is 5.91 Å². The molecule has 1 atom stereocenters. The Morgan fingerprint density at radius 2 is 1.88 bits per heavy atom. The van der Waals surface area contributed by atoms with Crippen LogP contribution in [-0.4, -0.2) is 46.7 Å². The highest BCUT2D eigenvalue weighted by molar-refractivity contribution is 5.85. The Morgan fingerprint density at radius 3 is 2.29 bits per heavy atom. The zero-order chi connectivity index (χ0) is 13.1. The number of aliphatic hydroxyl groups excluding tert-OH is 1. The minimum atomic E-state index is -0.874. The standard InChI is InChI=1S/C12H21NO4/c1-9(8-14)13(2)10(15)7-12(11(16)17)5-3-4-6-12/h9,14H,3-8H2,1-2H3,(H,16,17). The summed E-state index contributed by atoms with van der Waals surface area (Å²) in [5, 5.41) is 18.2. The number of nitrogens with zero attached hydrogens (tertiary/aromatic N) is 1. The minimum absolute atomic E-state index is 0.0448. The van der Waals surface area contributed by atoms with Gasteiger partial charge >= 0.3 is 5.97 Å². The van der Waals surface area contributed by atoms with Gasteiger partial charge in [0.25, 0.3) is 0 Å². The van der Waals surface area contributed by atoms with E-state index in [4.69, 9.17) is 5.11 Å². The molecule has 1 saturated carbocycles. The summed E-state index contributed by atoms with van der Waals surface area (Å²) in [6, 6.07) is -0.269. The summed E-state index contributed by atoms with van der Waals surface area (Å²) in [6.07, 6.45) is 2.95. The van der Waals surface area contributed by atoms with Crippen LogP contribution in [0.1, 0.15) is 39.0 Å². The molecule has 1 aliphatic carbocycles. The zero-order valence-electron chi connectivity index (χ0n) is 10.5. The number of carboxylic acid groups (broad SMARTS) is 1. The number of aliphatic hydroxyl groups is 1. The monoisotopic (exact) mass is 243 g/mol. The van der Waals surface area contributed by atoms with Gasteiger partial charge in [-0.25, -0.2) is 0 Å². The maximum absolute atomic E-state index is 12.0. The molecule has 0 spiro atoms. The highest BCUT2D eigenvalue weighted by Crippen LogP contribution is 2.41. The molecule has 0 aromatic heterocycles. The number of hydrogen-bond donors (Lipinski definition) is 2. The van der Waals surface area contributed by atoms with Crippen molar-refractivity contribution in [2.24, 2.45) is 5.41 Å². The maximum Gasteiger partial charge on any atom is 0.310 e. The second-order valence-corrected chi connectivity index (χ2v) is 5.01. The molecule has 1 unspecified atom stereocenters. The van der Waals surface area contributed by atoms with E-state index in [1.165, 1.54) is 4.90 Å². The maximum atomic E-state index is 12.0. The molecular formula is C12H21NO4. The lowest BCUT2D eigenvalue weighted by Gasteiger charge is -2.29. The predicted octanol–water partition coefficient (Wildman–Crippen LogP) is 0.861. The summed E-state index contributed by atoms with van der Waals surface area (Å²) >= 11 is 0. The second-order valence-electron chi connectivity index (χ2n) is 5.01. The number of carbonyl (C=O) groups is 2. The summed E-state index contributed by atoms with van der Waals surface area (Å²) in [6.45, 7) is 1.63. The van der Waals surface area contributed by atoms with Crippen molar-refractivity contribution >= 4 is 11.9 Å². The van der Waals surface area contributed by atoms with Gasteiger partial charge in [-0.3, -0.25) is 9.59 Å². The van der Waals surface area contributed by atoms with Gasteiger partial charge in [-0.15, -0.1) is 0 Å². The third-order valence-corrected chi connectivity index (χ3v) is 3.82. The fraction of sp³-hybridized carbons (Fsp3) is 0.833. The topological polar surface area (TPSA) is 77.8 Å². The van der Waals surface area contributed by atoms with Crippen molar-refractivity contribution in [2.75, 3.05) is 13.7 Å². The molecule has 0 aliphatic heterocycles. The van der Waals surface area contributed by atoms with Gasteiger partial charge < -0.3 is 15.1 Å². The van der Waals surface area contributed by atoms with Gasteiger partial charge in [0.1, 0.15) is 0 Å². The average Bonchev–Trinajstić information content (AvgIpc) is 2.76. The van der Waals surface area contributed by atoms with Gasteiger partial charge in [-0.2, -0.15) is 0 Å². The average molecular weight is 243 g/mol. The third-order valence-electron chi connectivity index (χ3n) is 3.82. The minimum Gasteiger partial charge on any atom is -0.481 e. The van der Waals surface area contributed by atoms with E-state index in [1.54, 1.807) is 14.0 Å². The van der Waals surface area contributed by atoms with Crippen LogP contribution >= 0.6 is 0 Å². The smallest absolute Gasteiger partial charge is 0.310 e. The zero-order valence-corrected chi connectivity index (χ0v) is 10.5. The Labute approximate surface area is 101 Å². The van der Waals surface area contributed by atoms with Crippen LogP contribution in [0.15, 0.2) is 0 Å². The molecule has 2 N–H and O–H groups in total. The van der Waals surface area contributed by atoms with Crippen LogP contribution in [0, 0.1) is 5.41 Å². The summed E-state index contributed by atoms with van der Waals surface area (Å²) in [4.78, 5) is 24.7. The Balaban J connectivity index is 2.68. The Hall–Kier alpha value is -1.10. The fourth-order valence-corrected chi connectivity index (χ4v) is 2.30. The van der Waals surface area contributed by atoms with E-state index in [0.717, 1.165) is 12.8 Å². The first-order valence-electron chi connectivity index (χ1n) is 6.03. The van der Waals surface area contributed by atoms with Crippen molar-refractivity contribution in [3.05, 3.63) is 0 Å². The van der Waals surface area contributed by atoms with Crippen LogP contribution in [-0.2, 0) is 9.59 Å². The van der Waals surface area contributed by atoms with E-state index in [9.17, 15) is 14.7 Å². The van der Waals surface area contributed by atoms with Crippen molar-refractivity contribution in [1.29, 1.82) is 0 Å². The number of rotatable bonds is 5. The third kappa shape index (κ3) is 2.97. The Kier molecular flexibility index (Phi) is 4.51. The number of likely N-dealkylation sites (N-methyl/N-ethyl adjacent to an activating group) is 1. The van der Waals surface area contributed by atoms with Crippen LogP contribution < -0.4 is 0 Å². The molecule has 1 amide bonds. The second kappa shape index (κ2) is 5.49. The van der Waals surface area contributed by atoms with E-state index in [-0.39, 0.29) is 25.0 Å². The lowest BCUT2D eigenvalue weighted by molar-refractivity contribution is -0.153. The SMILES string of the molecule is CC(CO)N(C)C(=O)CC1(C(=O)O)CCCC1. The predicted molar refractivity (Wildman–Crippen MR) is 62.5 cm³/mol. The Bertz CT molecular complexity index is 297. The van der Waals surface area contributed by atoms with Crippen LogP contribution in [0.5, 0.6) is 0 Å². The van der Waals surface area contributed by atoms with E-state index < -0.39 is 11.4 Å². The molecular weight excluding hydrogens is 222 g/mol. The van der Waals surface area contributed by atoms with Crippen molar-refractivity contribution < 1.29 is 19.8 Å². The molecule has 5 nitrogen and oxygen atoms in total. The number of carboxylic acids is 1. The van der Waals surface area contributed by atoms with Crippen molar-refractivity contribution in [3.8, 4) is 0 Å². The fourth-order valence-electron chi connectivity index (χ4n) is 2.30. The molecule has 0 radical (unpaired) electrons. The van der Waals surface area contributed by atoms with Crippen molar-refractivity contribution in [1.82, 2.24) is 4.90 Å². The molecule has 1 aliphatic rings. The molecule has 0 saturated heterocycles. The van der Waals surface area contributed by atoms with Crippen LogP contribution in [0.3, 0.4) is 0 Å². The van der Waals surface area contributed by atoms with Gasteiger partial charge in [0.05, 0.1) is 18.1 Å².